The molecular weight excluding hydrogens is 257 g/mol. The lowest BCUT2D eigenvalue weighted by Crippen LogP contribution is -2.03. The second-order valence-corrected chi connectivity index (χ2v) is 3.37. The highest BCUT2D eigenvalue weighted by atomic mass is 79.9. The van der Waals surface area contributed by atoms with Crippen LogP contribution in [0.5, 0.6) is 11.5 Å². The molecule has 0 unspecified atom stereocenters. The first kappa shape index (κ1) is 11.2. The molecular formula is C8H9BrFNO3. The van der Waals surface area contributed by atoms with E-state index in [0.29, 0.717) is 4.47 Å². The lowest BCUT2D eigenvalue weighted by Gasteiger charge is -2.09. The van der Waals surface area contributed by atoms with Gasteiger partial charge in [0.1, 0.15) is 0 Å². The molecule has 0 saturated carbocycles. The van der Waals surface area contributed by atoms with Gasteiger partial charge in [-0.1, -0.05) is 15.9 Å². The summed E-state index contributed by atoms with van der Waals surface area (Å²) in [5.74, 6) is 3.51. The molecule has 78 valence electrons. The maximum atomic E-state index is 13.4. The molecule has 1 rings (SSSR count). The van der Waals surface area contributed by atoms with Crippen molar-refractivity contribution >= 4 is 15.9 Å². The van der Waals surface area contributed by atoms with Crippen LogP contribution in [0.4, 0.5) is 4.39 Å². The summed E-state index contributed by atoms with van der Waals surface area (Å²) >= 11 is 3.11. The maximum Gasteiger partial charge on any atom is 0.194 e. The number of aromatic hydroxyl groups is 1. The van der Waals surface area contributed by atoms with E-state index in [0.717, 1.165) is 0 Å². The van der Waals surface area contributed by atoms with Gasteiger partial charge in [0.05, 0.1) is 13.7 Å². The molecule has 3 N–H and O–H groups in total. The van der Waals surface area contributed by atoms with Gasteiger partial charge in [-0.05, 0) is 6.07 Å². The molecule has 0 aliphatic heterocycles. The molecule has 0 atom stereocenters. The summed E-state index contributed by atoms with van der Waals surface area (Å²) < 4.78 is 18.6. The van der Waals surface area contributed by atoms with Gasteiger partial charge < -0.3 is 9.84 Å². The summed E-state index contributed by atoms with van der Waals surface area (Å²) in [5.41, 5.74) is 0.144. The number of phenols is 1. The number of nitrogens with two attached hydrogens (primary N) is 1. The van der Waals surface area contributed by atoms with Crippen LogP contribution in [0, 0.1) is 5.82 Å². The average Bonchev–Trinajstić information content (AvgIpc) is 2.18. The number of methoxy groups -OCH3 is 1. The molecule has 1 aromatic rings. The van der Waals surface area contributed by atoms with E-state index in [4.69, 9.17) is 10.6 Å². The van der Waals surface area contributed by atoms with Crippen LogP contribution in [0.3, 0.4) is 0 Å². The molecule has 0 aliphatic rings. The molecule has 0 spiro atoms. The minimum atomic E-state index is -0.804. The Morgan fingerprint density at radius 3 is 2.79 bits per heavy atom. The van der Waals surface area contributed by atoms with Crippen molar-refractivity contribution in [3.05, 3.63) is 21.9 Å². The Morgan fingerprint density at radius 1 is 1.64 bits per heavy atom. The van der Waals surface area contributed by atoms with Gasteiger partial charge in [-0.3, -0.25) is 4.84 Å². The Labute approximate surface area is 88.5 Å². The topological polar surface area (TPSA) is 64.7 Å². The number of benzene rings is 1. The predicted octanol–water partition coefficient (Wildman–Crippen LogP) is 1.69. The van der Waals surface area contributed by atoms with Gasteiger partial charge in [-0.25, -0.2) is 10.3 Å². The van der Waals surface area contributed by atoms with Crippen LogP contribution in [0.15, 0.2) is 10.5 Å². The predicted molar refractivity (Wildman–Crippen MR) is 51.3 cm³/mol. The fourth-order valence-electron chi connectivity index (χ4n) is 0.998. The van der Waals surface area contributed by atoms with Crippen LogP contribution in [0.2, 0.25) is 0 Å². The second-order valence-electron chi connectivity index (χ2n) is 2.51. The van der Waals surface area contributed by atoms with Gasteiger partial charge in [-0.2, -0.15) is 0 Å². The van der Waals surface area contributed by atoms with Crippen LogP contribution < -0.4 is 10.6 Å². The summed E-state index contributed by atoms with van der Waals surface area (Å²) in [6.45, 7) is -0.135. The van der Waals surface area contributed by atoms with Gasteiger partial charge in [0.2, 0.25) is 0 Å². The smallest absolute Gasteiger partial charge is 0.194 e. The quantitative estimate of drug-likeness (QED) is 0.817. The third-order valence-electron chi connectivity index (χ3n) is 1.70. The normalized spacial score (nSPS) is 10.3. The summed E-state index contributed by atoms with van der Waals surface area (Å²) in [4.78, 5) is 4.30. The average molecular weight is 266 g/mol. The Kier molecular flexibility index (Phi) is 3.68. The zero-order valence-electron chi connectivity index (χ0n) is 7.38. The van der Waals surface area contributed by atoms with Gasteiger partial charge >= 0.3 is 0 Å². The zero-order chi connectivity index (χ0) is 10.7. The first-order valence-corrected chi connectivity index (χ1v) is 4.46. The highest BCUT2D eigenvalue weighted by molar-refractivity contribution is 9.10. The highest BCUT2D eigenvalue weighted by Crippen LogP contribution is 2.36. The number of rotatable bonds is 3. The molecule has 0 aliphatic carbocycles. The van der Waals surface area contributed by atoms with Crippen LogP contribution in [-0.2, 0) is 11.4 Å². The van der Waals surface area contributed by atoms with Gasteiger partial charge in [0.25, 0.3) is 0 Å². The van der Waals surface area contributed by atoms with Crippen LogP contribution in [-0.4, -0.2) is 12.2 Å². The van der Waals surface area contributed by atoms with Crippen molar-refractivity contribution in [1.82, 2.24) is 0 Å². The summed E-state index contributed by atoms with van der Waals surface area (Å²) in [5, 5.41) is 9.31. The number of phenolic OH excluding ortho intramolecular Hbond substituents is 1. The van der Waals surface area contributed by atoms with E-state index in [-0.39, 0.29) is 17.9 Å². The SMILES string of the molecule is COc1cc(Br)c(CON)c(F)c1O. The largest absolute Gasteiger partial charge is 0.502 e. The van der Waals surface area contributed by atoms with Crippen molar-refractivity contribution in [2.24, 2.45) is 5.90 Å². The van der Waals surface area contributed by atoms with Crippen LogP contribution in [0.25, 0.3) is 0 Å². The van der Waals surface area contributed by atoms with Gasteiger partial charge in [0, 0.05) is 10.0 Å². The third-order valence-corrected chi connectivity index (χ3v) is 2.41. The van der Waals surface area contributed by atoms with E-state index in [9.17, 15) is 9.50 Å². The summed E-state index contributed by atoms with van der Waals surface area (Å²) in [6, 6.07) is 1.44. The fourth-order valence-corrected chi connectivity index (χ4v) is 1.49. The van der Waals surface area contributed by atoms with Crippen molar-refractivity contribution in [3.63, 3.8) is 0 Å². The van der Waals surface area contributed by atoms with Crippen molar-refractivity contribution in [2.45, 2.75) is 6.61 Å². The van der Waals surface area contributed by atoms with E-state index in [1.54, 1.807) is 0 Å². The van der Waals surface area contributed by atoms with Crippen molar-refractivity contribution in [3.8, 4) is 11.5 Å². The molecule has 0 aromatic heterocycles. The lowest BCUT2D eigenvalue weighted by molar-refractivity contribution is 0.120. The van der Waals surface area contributed by atoms with E-state index < -0.39 is 11.6 Å². The molecule has 1 aromatic carbocycles. The van der Waals surface area contributed by atoms with E-state index in [1.165, 1.54) is 13.2 Å². The number of hydrogen-bond acceptors (Lipinski definition) is 4. The zero-order valence-corrected chi connectivity index (χ0v) is 8.97. The second kappa shape index (κ2) is 4.59. The molecule has 14 heavy (non-hydrogen) atoms. The Morgan fingerprint density at radius 2 is 2.29 bits per heavy atom. The Bertz CT molecular complexity index is 346. The van der Waals surface area contributed by atoms with E-state index in [2.05, 4.69) is 20.8 Å². The summed E-state index contributed by atoms with van der Waals surface area (Å²) in [7, 11) is 1.33. The molecule has 0 heterocycles. The number of ether oxygens (including phenoxy) is 1. The first-order valence-electron chi connectivity index (χ1n) is 3.67. The molecule has 0 saturated heterocycles. The minimum Gasteiger partial charge on any atom is -0.502 e. The highest BCUT2D eigenvalue weighted by Gasteiger charge is 2.16. The lowest BCUT2D eigenvalue weighted by atomic mass is 10.2. The van der Waals surface area contributed by atoms with E-state index in [1.807, 2.05) is 0 Å². The standard InChI is InChI=1S/C8H9BrFNO3/c1-13-6-2-5(9)4(3-14-11)7(10)8(6)12/h2,12H,3,11H2,1H3. The van der Waals surface area contributed by atoms with Crippen LogP contribution in [0.1, 0.15) is 5.56 Å². The summed E-state index contributed by atoms with van der Waals surface area (Å²) in [6.07, 6.45) is 0. The van der Waals surface area contributed by atoms with Gasteiger partial charge in [-0.15, -0.1) is 0 Å². The molecule has 0 bridgehead atoms. The van der Waals surface area contributed by atoms with Crippen molar-refractivity contribution < 1.29 is 19.1 Å². The Balaban J connectivity index is 3.26. The van der Waals surface area contributed by atoms with Crippen molar-refractivity contribution in [2.75, 3.05) is 7.11 Å². The van der Waals surface area contributed by atoms with Crippen LogP contribution >= 0.6 is 15.9 Å². The Hall–Kier alpha value is -0.850. The first-order chi connectivity index (χ1) is 6.61. The minimum absolute atomic E-state index is 0.0511. The third kappa shape index (κ3) is 1.97. The van der Waals surface area contributed by atoms with E-state index >= 15 is 0 Å². The molecule has 0 radical (unpaired) electrons. The number of halogens is 2. The molecule has 6 heteroatoms. The molecule has 0 fully saturated rings. The maximum absolute atomic E-state index is 13.4. The van der Waals surface area contributed by atoms with Gasteiger partial charge in [0.15, 0.2) is 17.3 Å². The fraction of sp³-hybridized carbons (Fsp3) is 0.250. The number of hydrogen-bond donors (Lipinski definition) is 2. The monoisotopic (exact) mass is 265 g/mol. The van der Waals surface area contributed by atoms with Crippen molar-refractivity contribution in [1.29, 1.82) is 0 Å². The molecule has 4 nitrogen and oxygen atoms in total. The molecule has 0 amide bonds.